The van der Waals surface area contributed by atoms with Gasteiger partial charge in [-0.05, 0) is 48.0 Å². The minimum atomic E-state index is -0.538. The molecule has 7 heteroatoms. The number of benzene rings is 2. The molecule has 0 aliphatic heterocycles. The molecule has 5 nitrogen and oxygen atoms in total. The maximum atomic E-state index is 13.2. The van der Waals surface area contributed by atoms with Crippen molar-refractivity contribution in [3.63, 3.8) is 0 Å². The fraction of sp³-hybridized carbons (Fsp3) is 0.100. The van der Waals surface area contributed by atoms with E-state index in [9.17, 15) is 9.18 Å². The molecule has 2 N–H and O–H groups in total. The largest absolute Gasteiger partial charge is 0.497 e. The van der Waals surface area contributed by atoms with Gasteiger partial charge in [0.2, 0.25) is 0 Å². The predicted molar refractivity (Wildman–Crippen MR) is 104 cm³/mol. The number of carbonyl (C=O) groups excluding carboxylic acids is 1. The lowest BCUT2D eigenvalue weighted by Gasteiger charge is -2.09. The smallest absolute Gasteiger partial charge is 0.255 e. The van der Waals surface area contributed by atoms with Crippen molar-refractivity contribution in [2.75, 3.05) is 17.7 Å². The van der Waals surface area contributed by atoms with Gasteiger partial charge in [0.05, 0.1) is 12.1 Å². The molecule has 0 bridgehead atoms. The van der Waals surface area contributed by atoms with Gasteiger partial charge < -0.3 is 15.4 Å². The van der Waals surface area contributed by atoms with E-state index in [4.69, 9.17) is 16.3 Å². The Bertz CT molecular complexity index is 948. The number of nitrogens with zero attached hydrogens (tertiary/aromatic N) is 1. The minimum Gasteiger partial charge on any atom is -0.497 e. The summed E-state index contributed by atoms with van der Waals surface area (Å²) >= 11 is 5.73. The predicted octanol–water partition coefficient (Wildman–Crippen LogP) is 4.75. The molecular formula is C20H17ClFN3O2. The Morgan fingerprint density at radius 3 is 2.63 bits per heavy atom. The molecular weight excluding hydrogens is 369 g/mol. The highest BCUT2D eigenvalue weighted by atomic mass is 35.5. The summed E-state index contributed by atoms with van der Waals surface area (Å²) in [7, 11) is 1.62. The molecule has 0 unspecified atom stereocenters. The first-order valence-corrected chi connectivity index (χ1v) is 8.52. The number of hydrogen-bond donors (Lipinski definition) is 2. The molecule has 0 saturated heterocycles. The van der Waals surface area contributed by atoms with Gasteiger partial charge in [-0.15, -0.1) is 0 Å². The van der Waals surface area contributed by atoms with Crippen molar-refractivity contribution < 1.29 is 13.9 Å². The molecule has 0 atom stereocenters. The number of halogens is 2. The topological polar surface area (TPSA) is 63.2 Å². The van der Waals surface area contributed by atoms with Crippen LogP contribution in [0.2, 0.25) is 5.02 Å². The van der Waals surface area contributed by atoms with E-state index in [1.165, 1.54) is 18.2 Å². The van der Waals surface area contributed by atoms with E-state index in [2.05, 4.69) is 15.6 Å². The van der Waals surface area contributed by atoms with Crippen molar-refractivity contribution in [1.82, 2.24) is 4.98 Å². The molecule has 1 amide bonds. The van der Waals surface area contributed by atoms with Crippen LogP contribution in [-0.2, 0) is 6.54 Å². The highest BCUT2D eigenvalue weighted by Gasteiger charge is 2.09. The van der Waals surface area contributed by atoms with Crippen molar-refractivity contribution in [3.8, 4) is 5.75 Å². The number of anilines is 2. The summed E-state index contributed by atoms with van der Waals surface area (Å²) < 4.78 is 18.3. The van der Waals surface area contributed by atoms with Crippen molar-refractivity contribution in [2.24, 2.45) is 0 Å². The number of pyridine rings is 1. The lowest BCUT2D eigenvalue weighted by Crippen LogP contribution is -2.13. The molecule has 1 aromatic heterocycles. The molecule has 0 fully saturated rings. The van der Waals surface area contributed by atoms with Gasteiger partial charge in [0, 0.05) is 24.0 Å². The third kappa shape index (κ3) is 4.95. The van der Waals surface area contributed by atoms with E-state index < -0.39 is 5.82 Å². The number of rotatable bonds is 6. The first-order chi connectivity index (χ1) is 13.0. The summed E-state index contributed by atoms with van der Waals surface area (Å²) in [6.07, 6.45) is 1.54. The van der Waals surface area contributed by atoms with Crippen LogP contribution in [0.4, 0.5) is 15.9 Å². The summed E-state index contributed by atoms with van der Waals surface area (Å²) in [5, 5.41) is 5.80. The fourth-order valence-corrected chi connectivity index (χ4v) is 2.56. The number of aromatic nitrogens is 1. The maximum Gasteiger partial charge on any atom is 0.255 e. The SMILES string of the molecule is COc1ccc(CNc2cc(C(=O)Nc3ccc(F)c(Cl)c3)ccn2)cc1. The minimum absolute atomic E-state index is 0.0515. The van der Waals surface area contributed by atoms with Crippen LogP contribution in [0, 0.1) is 5.82 Å². The van der Waals surface area contributed by atoms with Crippen molar-refractivity contribution in [3.05, 3.63) is 82.8 Å². The molecule has 138 valence electrons. The molecule has 3 aromatic rings. The van der Waals surface area contributed by atoms with Crippen LogP contribution in [0.3, 0.4) is 0 Å². The van der Waals surface area contributed by atoms with Gasteiger partial charge in [0.25, 0.3) is 5.91 Å². The van der Waals surface area contributed by atoms with E-state index in [0.717, 1.165) is 11.3 Å². The van der Waals surface area contributed by atoms with Gasteiger partial charge in [-0.25, -0.2) is 9.37 Å². The molecule has 0 spiro atoms. The Hall–Kier alpha value is -3.12. The second kappa shape index (κ2) is 8.51. The van der Waals surface area contributed by atoms with Crippen molar-refractivity contribution in [2.45, 2.75) is 6.54 Å². The van der Waals surface area contributed by atoms with Crippen molar-refractivity contribution >= 4 is 29.0 Å². The van der Waals surface area contributed by atoms with E-state index >= 15 is 0 Å². The number of methoxy groups -OCH3 is 1. The standard InChI is InChI=1S/C20H17ClFN3O2/c1-27-16-5-2-13(3-6-16)12-24-19-10-14(8-9-23-19)20(26)25-15-4-7-18(22)17(21)11-15/h2-11H,12H2,1H3,(H,23,24)(H,25,26). The zero-order chi connectivity index (χ0) is 19.2. The lowest BCUT2D eigenvalue weighted by atomic mass is 10.2. The van der Waals surface area contributed by atoms with Crippen LogP contribution < -0.4 is 15.4 Å². The highest BCUT2D eigenvalue weighted by molar-refractivity contribution is 6.31. The summed E-state index contributed by atoms with van der Waals surface area (Å²) in [6, 6.07) is 14.9. The second-order valence-electron chi connectivity index (χ2n) is 5.71. The highest BCUT2D eigenvalue weighted by Crippen LogP contribution is 2.20. The van der Waals surface area contributed by atoms with Crippen LogP contribution in [0.25, 0.3) is 0 Å². The Morgan fingerprint density at radius 2 is 1.93 bits per heavy atom. The Morgan fingerprint density at radius 1 is 1.15 bits per heavy atom. The van der Waals surface area contributed by atoms with Crippen LogP contribution in [0.5, 0.6) is 5.75 Å². The summed E-state index contributed by atoms with van der Waals surface area (Å²) in [5.41, 5.74) is 1.88. The molecule has 0 radical (unpaired) electrons. The van der Waals surface area contributed by atoms with E-state index in [0.29, 0.717) is 23.6 Å². The van der Waals surface area contributed by atoms with Gasteiger partial charge in [0.15, 0.2) is 0 Å². The third-order valence-corrected chi connectivity index (χ3v) is 4.12. The van der Waals surface area contributed by atoms with E-state index in [-0.39, 0.29) is 10.9 Å². The maximum absolute atomic E-state index is 13.2. The second-order valence-corrected chi connectivity index (χ2v) is 6.12. The molecule has 0 aliphatic carbocycles. The van der Waals surface area contributed by atoms with E-state index in [1.807, 2.05) is 24.3 Å². The Labute approximate surface area is 161 Å². The third-order valence-electron chi connectivity index (χ3n) is 3.83. The van der Waals surface area contributed by atoms with Crippen LogP contribution in [-0.4, -0.2) is 18.0 Å². The zero-order valence-corrected chi connectivity index (χ0v) is 15.3. The molecule has 0 aliphatic rings. The molecule has 27 heavy (non-hydrogen) atoms. The quantitative estimate of drug-likeness (QED) is 0.643. The lowest BCUT2D eigenvalue weighted by molar-refractivity contribution is 0.102. The van der Waals surface area contributed by atoms with Crippen LogP contribution in [0.15, 0.2) is 60.8 Å². The van der Waals surface area contributed by atoms with E-state index in [1.54, 1.807) is 25.4 Å². The average molecular weight is 386 g/mol. The first kappa shape index (κ1) is 18.7. The average Bonchev–Trinajstić information content (AvgIpc) is 2.70. The Kier molecular flexibility index (Phi) is 5.88. The van der Waals surface area contributed by atoms with Crippen LogP contribution in [0.1, 0.15) is 15.9 Å². The molecule has 1 heterocycles. The van der Waals surface area contributed by atoms with Crippen molar-refractivity contribution in [1.29, 1.82) is 0 Å². The molecule has 2 aromatic carbocycles. The Balaban J connectivity index is 1.65. The fourth-order valence-electron chi connectivity index (χ4n) is 2.38. The number of hydrogen-bond acceptors (Lipinski definition) is 4. The summed E-state index contributed by atoms with van der Waals surface area (Å²) in [5.74, 6) is 0.475. The first-order valence-electron chi connectivity index (χ1n) is 8.14. The number of ether oxygens (including phenoxy) is 1. The monoisotopic (exact) mass is 385 g/mol. The van der Waals surface area contributed by atoms with Crippen LogP contribution >= 0.6 is 11.6 Å². The van der Waals surface area contributed by atoms with Gasteiger partial charge in [-0.1, -0.05) is 23.7 Å². The normalized spacial score (nSPS) is 10.3. The van der Waals surface area contributed by atoms with Gasteiger partial charge in [-0.3, -0.25) is 4.79 Å². The van der Waals surface area contributed by atoms with Gasteiger partial charge in [0.1, 0.15) is 17.4 Å². The van der Waals surface area contributed by atoms with Gasteiger partial charge >= 0.3 is 0 Å². The summed E-state index contributed by atoms with van der Waals surface area (Å²) in [6.45, 7) is 0.551. The number of carbonyl (C=O) groups is 1. The summed E-state index contributed by atoms with van der Waals surface area (Å²) in [4.78, 5) is 16.6. The molecule has 3 rings (SSSR count). The molecule has 0 saturated carbocycles. The van der Waals surface area contributed by atoms with Gasteiger partial charge in [-0.2, -0.15) is 0 Å². The zero-order valence-electron chi connectivity index (χ0n) is 14.5. The number of amides is 1. The number of nitrogens with one attached hydrogen (secondary N) is 2.